The minimum atomic E-state index is 0.612. The van der Waals surface area contributed by atoms with Gasteiger partial charge in [-0.3, -0.25) is 0 Å². The minimum absolute atomic E-state index is 0.612. The van der Waals surface area contributed by atoms with Crippen LogP contribution in [-0.2, 0) is 0 Å². The summed E-state index contributed by atoms with van der Waals surface area (Å²) in [7, 11) is 3.31. The lowest BCUT2D eigenvalue weighted by Gasteiger charge is -2.15. The van der Waals surface area contributed by atoms with E-state index in [1.165, 1.54) is 0 Å². The van der Waals surface area contributed by atoms with Gasteiger partial charge in [0.05, 0.1) is 20.8 Å². The number of hydrogen-bond acceptors (Lipinski definition) is 4. The van der Waals surface area contributed by atoms with E-state index in [0.717, 1.165) is 40.5 Å². The van der Waals surface area contributed by atoms with Crippen LogP contribution in [-0.4, -0.2) is 26.6 Å². The van der Waals surface area contributed by atoms with Gasteiger partial charge in [-0.1, -0.05) is 24.3 Å². The maximum absolute atomic E-state index is 5.91. The molecule has 2 rings (SSSR count). The molecule has 21 heavy (non-hydrogen) atoms. The van der Waals surface area contributed by atoms with Gasteiger partial charge in [-0.2, -0.15) is 12.6 Å². The van der Waals surface area contributed by atoms with Gasteiger partial charge in [0.1, 0.15) is 5.75 Å². The Morgan fingerprint density at radius 3 is 2.52 bits per heavy atom. The zero-order valence-electron chi connectivity index (χ0n) is 12.3. The van der Waals surface area contributed by atoms with Crippen LogP contribution in [0.2, 0.25) is 0 Å². The van der Waals surface area contributed by atoms with Gasteiger partial charge in [0.15, 0.2) is 11.5 Å². The van der Waals surface area contributed by atoms with Crippen molar-refractivity contribution in [1.29, 1.82) is 0 Å². The molecule has 2 aromatic rings. The van der Waals surface area contributed by atoms with Crippen LogP contribution in [0.3, 0.4) is 0 Å². The third kappa shape index (κ3) is 3.85. The summed E-state index contributed by atoms with van der Waals surface area (Å²) < 4.78 is 16.6. The zero-order valence-corrected chi connectivity index (χ0v) is 13.2. The highest BCUT2D eigenvalue weighted by Crippen LogP contribution is 2.39. The van der Waals surface area contributed by atoms with Crippen molar-refractivity contribution in [2.45, 2.75) is 6.42 Å². The quantitative estimate of drug-likeness (QED) is 0.617. The molecule has 0 saturated carbocycles. The molecule has 0 unspecified atom stereocenters. The molecule has 0 radical (unpaired) electrons. The molecule has 0 aliphatic rings. The summed E-state index contributed by atoms with van der Waals surface area (Å²) in [5.41, 5.74) is 2.03. The fourth-order valence-corrected chi connectivity index (χ4v) is 2.21. The Morgan fingerprint density at radius 2 is 1.81 bits per heavy atom. The van der Waals surface area contributed by atoms with Crippen LogP contribution in [0.25, 0.3) is 11.1 Å². The molecule has 3 nitrogen and oxygen atoms in total. The van der Waals surface area contributed by atoms with Gasteiger partial charge < -0.3 is 14.2 Å². The number of methoxy groups -OCH3 is 2. The smallest absolute Gasteiger partial charge is 0.168 e. The summed E-state index contributed by atoms with van der Waals surface area (Å²) in [5, 5.41) is 0. The van der Waals surface area contributed by atoms with Crippen molar-refractivity contribution < 1.29 is 14.2 Å². The molecule has 0 fully saturated rings. The first-order valence-corrected chi connectivity index (χ1v) is 7.48. The van der Waals surface area contributed by atoms with Crippen LogP contribution in [0.15, 0.2) is 42.5 Å². The predicted molar refractivity (Wildman–Crippen MR) is 88.9 cm³/mol. The molecule has 0 bridgehead atoms. The number of para-hydroxylation sites is 1. The van der Waals surface area contributed by atoms with E-state index in [4.69, 9.17) is 14.2 Å². The second kappa shape index (κ2) is 7.84. The van der Waals surface area contributed by atoms with E-state index in [2.05, 4.69) is 12.6 Å². The van der Waals surface area contributed by atoms with Crippen LogP contribution in [0, 0.1) is 0 Å². The molecule has 0 spiro atoms. The van der Waals surface area contributed by atoms with Crippen molar-refractivity contribution in [2.24, 2.45) is 0 Å². The largest absolute Gasteiger partial charge is 0.497 e. The molecular formula is C17H20O3S. The summed E-state index contributed by atoms with van der Waals surface area (Å²) >= 11 is 4.21. The molecule has 0 aliphatic carbocycles. The summed E-state index contributed by atoms with van der Waals surface area (Å²) in [5.74, 6) is 3.10. The second-order valence-electron chi connectivity index (χ2n) is 4.49. The Morgan fingerprint density at radius 1 is 1.00 bits per heavy atom. The highest BCUT2D eigenvalue weighted by Gasteiger charge is 2.12. The average molecular weight is 304 g/mol. The number of hydrogen-bond donors (Lipinski definition) is 1. The molecule has 4 heteroatoms. The standard InChI is InChI=1S/C17H20O3S/c1-18-14-7-3-6-13(12-14)15-8-4-9-16(19-2)17(15)20-10-5-11-21/h3-4,6-9,12,21H,5,10-11H2,1-2H3. The van der Waals surface area contributed by atoms with Crippen LogP contribution in [0.5, 0.6) is 17.2 Å². The van der Waals surface area contributed by atoms with Crippen molar-refractivity contribution in [2.75, 3.05) is 26.6 Å². The van der Waals surface area contributed by atoms with E-state index in [-0.39, 0.29) is 0 Å². The van der Waals surface area contributed by atoms with Crippen molar-refractivity contribution in [3.63, 3.8) is 0 Å². The van der Waals surface area contributed by atoms with Crippen molar-refractivity contribution in [1.82, 2.24) is 0 Å². The number of ether oxygens (including phenoxy) is 3. The molecular weight excluding hydrogens is 284 g/mol. The lowest BCUT2D eigenvalue weighted by molar-refractivity contribution is 0.296. The molecule has 0 amide bonds. The van der Waals surface area contributed by atoms with E-state index >= 15 is 0 Å². The van der Waals surface area contributed by atoms with E-state index in [9.17, 15) is 0 Å². The number of benzene rings is 2. The Bertz CT molecular complexity index is 584. The van der Waals surface area contributed by atoms with Crippen LogP contribution in [0.1, 0.15) is 6.42 Å². The second-order valence-corrected chi connectivity index (χ2v) is 4.94. The first-order valence-electron chi connectivity index (χ1n) is 6.85. The minimum Gasteiger partial charge on any atom is -0.497 e. The van der Waals surface area contributed by atoms with E-state index in [0.29, 0.717) is 6.61 Å². The zero-order chi connectivity index (χ0) is 15.1. The third-order valence-corrected chi connectivity index (χ3v) is 3.44. The fraction of sp³-hybridized carbons (Fsp3) is 0.294. The average Bonchev–Trinajstić information content (AvgIpc) is 2.55. The maximum Gasteiger partial charge on any atom is 0.168 e. The summed E-state index contributed by atoms with van der Waals surface area (Å²) in [4.78, 5) is 0. The Hall–Kier alpha value is -1.81. The first-order chi connectivity index (χ1) is 10.3. The van der Waals surface area contributed by atoms with Crippen LogP contribution >= 0.6 is 12.6 Å². The lowest BCUT2D eigenvalue weighted by Crippen LogP contribution is -2.01. The Balaban J connectivity index is 2.41. The third-order valence-electron chi connectivity index (χ3n) is 3.13. The molecule has 0 aromatic heterocycles. The number of thiol groups is 1. The van der Waals surface area contributed by atoms with Gasteiger partial charge in [0.25, 0.3) is 0 Å². The molecule has 0 aliphatic heterocycles. The van der Waals surface area contributed by atoms with Crippen molar-refractivity contribution in [3.05, 3.63) is 42.5 Å². The van der Waals surface area contributed by atoms with Crippen molar-refractivity contribution in [3.8, 4) is 28.4 Å². The van der Waals surface area contributed by atoms with Gasteiger partial charge in [0.2, 0.25) is 0 Å². The molecule has 0 N–H and O–H groups in total. The highest BCUT2D eigenvalue weighted by molar-refractivity contribution is 7.80. The summed E-state index contributed by atoms with van der Waals surface area (Å²) in [6.07, 6.45) is 0.888. The van der Waals surface area contributed by atoms with E-state index < -0.39 is 0 Å². The molecule has 0 saturated heterocycles. The molecule has 0 atom stereocenters. The van der Waals surface area contributed by atoms with Crippen molar-refractivity contribution >= 4 is 12.6 Å². The first kappa shape index (κ1) is 15.6. The van der Waals surface area contributed by atoms with Gasteiger partial charge >= 0.3 is 0 Å². The molecule has 2 aromatic carbocycles. The van der Waals surface area contributed by atoms with E-state index in [1.54, 1.807) is 14.2 Å². The summed E-state index contributed by atoms with van der Waals surface area (Å²) in [6, 6.07) is 13.8. The Labute approximate surface area is 131 Å². The fourth-order valence-electron chi connectivity index (χ4n) is 2.08. The topological polar surface area (TPSA) is 27.7 Å². The highest BCUT2D eigenvalue weighted by atomic mass is 32.1. The SMILES string of the molecule is COc1cccc(-c2cccc(OC)c2OCCCS)c1. The van der Waals surface area contributed by atoms with Gasteiger partial charge in [-0.05, 0) is 35.9 Å². The number of rotatable bonds is 7. The van der Waals surface area contributed by atoms with Gasteiger partial charge in [0, 0.05) is 5.56 Å². The Kier molecular flexibility index (Phi) is 5.81. The van der Waals surface area contributed by atoms with Gasteiger partial charge in [-0.25, -0.2) is 0 Å². The van der Waals surface area contributed by atoms with Gasteiger partial charge in [-0.15, -0.1) is 0 Å². The van der Waals surface area contributed by atoms with E-state index in [1.807, 2.05) is 42.5 Å². The maximum atomic E-state index is 5.91. The summed E-state index contributed by atoms with van der Waals surface area (Å²) in [6.45, 7) is 0.612. The lowest BCUT2D eigenvalue weighted by atomic mass is 10.0. The molecule has 0 heterocycles. The van der Waals surface area contributed by atoms with Crippen LogP contribution in [0.4, 0.5) is 0 Å². The molecule has 112 valence electrons. The normalized spacial score (nSPS) is 10.2. The van der Waals surface area contributed by atoms with Crippen LogP contribution < -0.4 is 14.2 Å². The monoisotopic (exact) mass is 304 g/mol. The predicted octanol–water partition coefficient (Wildman–Crippen LogP) is 4.07.